The number of halogens is 1. The van der Waals surface area contributed by atoms with Crippen LogP contribution in [-0.4, -0.2) is 36.9 Å². The van der Waals surface area contributed by atoms with Gasteiger partial charge in [0.25, 0.3) is 5.91 Å². The van der Waals surface area contributed by atoms with E-state index in [0.29, 0.717) is 46.9 Å². The van der Waals surface area contributed by atoms with E-state index in [1.54, 1.807) is 18.2 Å². The number of amides is 1. The fraction of sp³-hybridized carbons (Fsp3) is 0.400. The number of ketones is 1. The third kappa shape index (κ3) is 4.44. The molecule has 1 heterocycles. The Morgan fingerprint density at radius 1 is 1.19 bits per heavy atom. The highest BCUT2D eigenvalue weighted by molar-refractivity contribution is 6.31. The van der Waals surface area contributed by atoms with Gasteiger partial charge in [0.2, 0.25) is 0 Å². The van der Waals surface area contributed by atoms with Gasteiger partial charge in [-0.2, -0.15) is 5.26 Å². The smallest absolute Gasteiger partial charge is 0.251 e. The molecule has 1 saturated carbocycles. The van der Waals surface area contributed by atoms with Crippen molar-refractivity contribution in [2.75, 3.05) is 18.0 Å². The zero-order valence-corrected chi connectivity index (χ0v) is 19.0. The van der Waals surface area contributed by atoms with Crippen LogP contribution in [0.5, 0.6) is 5.75 Å². The van der Waals surface area contributed by atoms with Crippen LogP contribution in [-0.2, 0) is 4.79 Å². The Bertz CT molecular complexity index is 1060. The lowest BCUT2D eigenvalue weighted by Crippen LogP contribution is -2.63. The Morgan fingerprint density at radius 2 is 1.88 bits per heavy atom. The lowest BCUT2D eigenvalue weighted by molar-refractivity contribution is -0.119. The topological polar surface area (TPSA) is 82.4 Å². The molecule has 2 aromatic rings. The minimum Gasteiger partial charge on any atom is -0.490 e. The first-order valence-corrected chi connectivity index (χ1v) is 11.2. The van der Waals surface area contributed by atoms with Crippen LogP contribution < -0.4 is 15.0 Å². The molecule has 4 rings (SSSR count). The maximum atomic E-state index is 12.8. The Hall–Kier alpha value is -3.04. The lowest BCUT2D eigenvalue weighted by Gasteiger charge is -2.51. The number of nitrogens with zero attached hydrogens (tertiary/aromatic N) is 2. The minimum absolute atomic E-state index is 0.0124. The maximum Gasteiger partial charge on any atom is 0.251 e. The summed E-state index contributed by atoms with van der Waals surface area (Å²) in [5.41, 5.74) is 1.81. The molecule has 7 heteroatoms. The average Bonchev–Trinajstić information content (AvgIpc) is 2.79. The van der Waals surface area contributed by atoms with E-state index in [0.717, 1.165) is 18.8 Å². The number of nitriles is 1. The maximum absolute atomic E-state index is 12.8. The molecule has 1 aliphatic heterocycles. The van der Waals surface area contributed by atoms with Crippen LogP contribution in [0, 0.1) is 16.7 Å². The van der Waals surface area contributed by atoms with Crippen molar-refractivity contribution in [2.45, 2.75) is 45.3 Å². The van der Waals surface area contributed by atoms with Gasteiger partial charge in [-0.3, -0.25) is 9.59 Å². The Morgan fingerprint density at radius 3 is 2.47 bits per heavy atom. The van der Waals surface area contributed by atoms with Gasteiger partial charge >= 0.3 is 0 Å². The molecular formula is C25H26ClN3O3. The highest BCUT2D eigenvalue weighted by Gasteiger charge is 2.50. The zero-order chi connectivity index (χ0) is 22.9. The Kier molecular flexibility index (Phi) is 6.12. The van der Waals surface area contributed by atoms with Gasteiger partial charge in [0, 0.05) is 61.1 Å². The molecule has 0 aromatic heterocycles. The number of anilines is 1. The van der Waals surface area contributed by atoms with Crippen molar-refractivity contribution in [2.24, 2.45) is 5.41 Å². The molecule has 32 heavy (non-hydrogen) atoms. The quantitative estimate of drug-likeness (QED) is 0.730. The first kappa shape index (κ1) is 22.2. The van der Waals surface area contributed by atoms with Crippen molar-refractivity contribution < 1.29 is 14.3 Å². The third-order valence-corrected chi connectivity index (χ3v) is 6.95. The summed E-state index contributed by atoms with van der Waals surface area (Å²) < 4.78 is 6.08. The molecule has 6 nitrogen and oxygen atoms in total. The average molecular weight is 452 g/mol. The SMILES string of the molecule is CC1(C)[C@@H](NC(=O)c2ccc(N3CCC(=O)CC3)cc2)C[C@@H]1Oc1ccc(C#N)c(Cl)c1. The van der Waals surface area contributed by atoms with E-state index in [-0.39, 0.29) is 23.5 Å². The highest BCUT2D eigenvalue weighted by atomic mass is 35.5. The number of carbonyl (C=O) groups excluding carboxylic acids is 2. The van der Waals surface area contributed by atoms with Gasteiger partial charge in [0.1, 0.15) is 23.7 Å². The first-order valence-electron chi connectivity index (χ1n) is 10.8. The summed E-state index contributed by atoms with van der Waals surface area (Å²) in [6, 6.07) is 14.6. The molecule has 1 saturated heterocycles. The van der Waals surface area contributed by atoms with E-state index in [9.17, 15) is 9.59 Å². The third-order valence-electron chi connectivity index (χ3n) is 6.64. The number of ether oxygens (including phenoxy) is 1. The summed E-state index contributed by atoms with van der Waals surface area (Å²) in [5, 5.41) is 12.5. The number of carbonyl (C=O) groups is 2. The minimum atomic E-state index is -0.254. The van der Waals surface area contributed by atoms with E-state index in [1.165, 1.54) is 0 Å². The number of benzene rings is 2. The molecule has 2 aliphatic rings. The molecule has 2 aromatic carbocycles. The summed E-state index contributed by atoms with van der Waals surface area (Å²) in [6.45, 7) is 5.59. The predicted molar refractivity (Wildman–Crippen MR) is 123 cm³/mol. The zero-order valence-electron chi connectivity index (χ0n) is 18.2. The van der Waals surface area contributed by atoms with Crippen LogP contribution in [0.25, 0.3) is 0 Å². The van der Waals surface area contributed by atoms with Gasteiger partial charge in [0.05, 0.1) is 10.6 Å². The number of hydrogen-bond acceptors (Lipinski definition) is 5. The fourth-order valence-electron chi connectivity index (χ4n) is 4.23. The fourth-order valence-corrected chi connectivity index (χ4v) is 4.45. The molecule has 2 fully saturated rings. The van der Waals surface area contributed by atoms with Crippen LogP contribution in [0.4, 0.5) is 5.69 Å². The van der Waals surface area contributed by atoms with Gasteiger partial charge in [-0.1, -0.05) is 25.4 Å². The van der Waals surface area contributed by atoms with E-state index in [4.69, 9.17) is 21.6 Å². The largest absolute Gasteiger partial charge is 0.490 e. The number of nitrogens with one attached hydrogen (secondary N) is 1. The molecule has 0 radical (unpaired) electrons. The van der Waals surface area contributed by atoms with Gasteiger partial charge < -0.3 is 15.0 Å². The van der Waals surface area contributed by atoms with Crippen molar-refractivity contribution in [3.05, 3.63) is 58.6 Å². The summed E-state index contributed by atoms with van der Waals surface area (Å²) >= 11 is 6.10. The summed E-state index contributed by atoms with van der Waals surface area (Å²) in [7, 11) is 0. The van der Waals surface area contributed by atoms with Crippen LogP contribution in [0.1, 0.15) is 49.0 Å². The van der Waals surface area contributed by atoms with Crippen LogP contribution in [0.15, 0.2) is 42.5 Å². The monoisotopic (exact) mass is 451 g/mol. The number of Topliss-reactive ketones (excluding diaryl/α,β-unsaturated/α-hetero) is 1. The standard InChI is InChI=1S/C25H26ClN3O3/c1-25(2)22(14-23(25)32-20-8-5-17(15-27)21(26)13-20)28-24(31)16-3-6-18(7-4-16)29-11-9-19(30)10-12-29/h3-8,13,22-23H,9-12,14H2,1-2H3,(H,28,31)/t22-,23-/m0/s1. The predicted octanol–water partition coefficient (Wildman–Crippen LogP) is 4.36. The van der Waals surface area contributed by atoms with Crippen molar-refractivity contribution in [1.29, 1.82) is 5.26 Å². The van der Waals surface area contributed by atoms with Crippen molar-refractivity contribution in [3.63, 3.8) is 0 Å². The van der Waals surface area contributed by atoms with Crippen LogP contribution >= 0.6 is 11.6 Å². The molecule has 1 amide bonds. The number of rotatable bonds is 5. The molecular weight excluding hydrogens is 426 g/mol. The first-order chi connectivity index (χ1) is 15.3. The van der Waals surface area contributed by atoms with Crippen molar-refractivity contribution >= 4 is 29.0 Å². The van der Waals surface area contributed by atoms with E-state index in [1.807, 2.05) is 30.3 Å². The van der Waals surface area contributed by atoms with E-state index >= 15 is 0 Å². The molecule has 2 atom stereocenters. The van der Waals surface area contributed by atoms with Crippen molar-refractivity contribution in [1.82, 2.24) is 5.32 Å². The molecule has 0 unspecified atom stereocenters. The van der Waals surface area contributed by atoms with Crippen molar-refractivity contribution in [3.8, 4) is 11.8 Å². The Balaban J connectivity index is 1.33. The summed E-state index contributed by atoms with van der Waals surface area (Å²) in [6.07, 6.45) is 1.78. The molecule has 0 bridgehead atoms. The molecule has 166 valence electrons. The van der Waals surface area contributed by atoms with Gasteiger partial charge in [0.15, 0.2) is 0 Å². The van der Waals surface area contributed by atoms with Crippen LogP contribution in [0.3, 0.4) is 0 Å². The highest BCUT2D eigenvalue weighted by Crippen LogP contribution is 2.43. The molecule has 0 spiro atoms. The second-order valence-corrected chi connectivity index (χ2v) is 9.42. The summed E-state index contributed by atoms with van der Waals surface area (Å²) in [5.74, 6) is 0.820. The number of piperidine rings is 1. The lowest BCUT2D eigenvalue weighted by atomic mass is 9.64. The second-order valence-electron chi connectivity index (χ2n) is 9.02. The van der Waals surface area contributed by atoms with Gasteiger partial charge in [-0.25, -0.2) is 0 Å². The molecule has 1 aliphatic carbocycles. The summed E-state index contributed by atoms with van der Waals surface area (Å²) in [4.78, 5) is 26.4. The normalized spacial score (nSPS) is 21.9. The second kappa shape index (κ2) is 8.84. The van der Waals surface area contributed by atoms with E-state index < -0.39 is 0 Å². The molecule has 1 N–H and O–H groups in total. The Labute approximate surface area is 193 Å². The van der Waals surface area contributed by atoms with E-state index in [2.05, 4.69) is 24.1 Å². The van der Waals surface area contributed by atoms with Gasteiger partial charge in [-0.05, 0) is 36.4 Å². The number of hydrogen-bond donors (Lipinski definition) is 1. The van der Waals surface area contributed by atoms with Gasteiger partial charge in [-0.15, -0.1) is 0 Å². The van der Waals surface area contributed by atoms with Crippen LogP contribution in [0.2, 0.25) is 5.02 Å².